The maximum Gasteiger partial charge on any atom is 0.440 e. The van der Waals surface area contributed by atoms with E-state index in [-0.39, 0.29) is 5.75 Å². The van der Waals surface area contributed by atoms with Crippen molar-refractivity contribution in [3.63, 3.8) is 0 Å². The molecule has 0 saturated heterocycles. The summed E-state index contributed by atoms with van der Waals surface area (Å²) in [4.78, 5) is 34.6. The molecule has 0 bridgehead atoms. The monoisotopic (exact) mass is 388 g/mol. The highest BCUT2D eigenvalue weighted by molar-refractivity contribution is 6.32. The first-order valence-electron chi connectivity index (χ1n) is 7.92. The Bertz CT molecular complexity index is 844. The van der Waals surface area contributed by atoms with Crippen LogP contribution in [-0.4, -0.2) is 23.2 Å². The molecular formula is C20H17ClO6. The van der Waals surface area contributed by atoms with Crippen molar-refractivity contribution < 1.29 is 28.6 Å². The topological polar surface area (TPSA) is 78.9 Å². The highest BCUT2D eigenvalue weighted by atomic mass is 35.5. The molecule has 2 rings (SSSR count). The van der Waals surface area contributed by atoms with Gasteiger partial charge in [0.1, 0.15) is 5.75 Å². The Hall–Kier alpha value is -3.12. The van der Waals surface area contributed by atoms with Crippen LogP contribution in [0.1, 0.15) is 25.0 Å². The number of esters is 3. The van der Waals surface area contributed by atoms with Crippen LogP contribution in [0.2, 0.25) is 0 Å². The van der Waals surface area contributed by atoms with Crippen LogP contribution in [-0.2, 0) is 23.9 Å². The number of alkyl halides is 1. The van der Waals surface area contributed by atoms with E-state index in [0.717, 1.165) is 25.0 Å². The van der Waals surface area contributed by atoms with Gasteiger partial charge in [-0.05, 0) is 34.9 Å². The normalized spacial score (nSPS) is 11.1. The number of hydrogen-bond donors (Lipinski definition) is 0. The Kier molecular flexibility index (Phi) is 6.73. The second kappa shape index (κ2) is 9.00. The predicted octanol–water partition coefficient (Wildman–Crippen LogP) is 3.78. The van der Waals surface area contributed by atoms with Gasteiger partial charge in [0.2, 0.25) is 0 Å². The molecule has 0 heterocycles. The molecule has 0 saturated carbocycles. The second-order valence-electron chi connectivity index (χ2n) is 5.43. The van der Waals surface area contributed by atoms with E-state index in [1.807, 2.05) is 48.6 Å². The molecule has 140 valence electrons. The van der Waals surface area contributed by atoms with E-state index in [0.29, 0.717) is 0 Å². The van der Waals surface area contributed by atoms with Crippen LogP contribution >= 0.6 is 11.6 Å². The van der Waals surface area contributed by atoms with Crippen molar-refractivity contribution in [2.75, 3.05) is 0 Å². The first kappa shape index (κ1) is 20.2. The third kappa shape index (κ3) is 6.27. The summed E-state index contributed by atoms with van der Waals surface area (Å²) in [5.74, 6) is -2.94. The molecule has 0 fully saturated rings. The lowest BCUT2D eigenvalue weighted by Crippen LogP contribution is -2.44. The lowest BCUT2D eigenvalue weighted by Gasteiger charge is -2.22. The van der Waals surface area contributed by atoms with Crippen molar-refractivity contribution in [3.05, 3.63) is 65.7 Å². The fourth-order valence-corrected chi connectivity index (χ4v) is 2.34. The zero-order chi connectivity index (χ0) is 19.9. The number of rotatable bonds is 6. The molecule has 0 spiro atoms. The molecule has 27 heavy (non-hydrogen) atoms. The number of ether oxygens (including phenoxy) is 3. The first-order chi connectivity index (χ1) is 12.8. The molecule has 0 atom stereocenters. The van der Waals surface area contributed by atoms with Crippen LogP contribution in [0.4, 0.5) is 0 Å². The maximum atomic E-state index is 12.3. The largest absolute Gasteiger partial charge is 0.440 e. The van der Waals surface area contributed by atoms with Crippen LogP contribution in [0.15, 0.2) is 54.6 Å². The standard InChI is InChI=1S/C20H17ClO6/c1-14(22)26-20(21,27-15(2)23)19(24)25-18-10-6-9-17(13-18)12-11-16-7-4-3-5-8-16/h3-13H,1-2H3/b12-11+. The van der Waals surface area contributed by atoms with Gasteiger partial charge in [0, 0.05) is 13.8 Å². The van der Waals surface area contributed by atoms with Gasteiger partial charge in [0.05, 0.1) is 0 Å². The lowest BCUT2D eigenvalue weighted by molar-refractivity contribution is -0.208. The molecule has 7 heteroatoms. The van der Waals surface area contributed by atoms with Gasteiger partial charge in [-0.3, -0.25) is 9.59 Å². The number of benzene rings is 2. The van der Waals surface area contributed by atoms with Crippen molar-refractivity contribution >= 4 is 41.7 Å². The van der Waals surface area contributed by atoms with Gasteiger partial charge in [-0.25, -0.2) is 4.79 Å². The van der Waals surface area contributed by atoms with Crippen molar-refractivity contribution in [2.45, 2.75) is 19.1 Å². The highest BCUT2D eigenvalue weighted by Crippen LogP contribution is 2.24. The quantitative estimate of drug-likeness (QED) is 0.246. The third-order valence-corrected chi connectivity index (χ3v) is 3.44. The van der Waals surface area contributed by atoms with Crippen molar-refractivity contribution in [1.29, 1.82) is 0 Å². The second-order valence-corrected chi connectivity index (χ2v) is 5.93. The molecule has 0 radical (unpaired) electrons. The minimum atomic E-state index is -2.69. The predicted molar refractivity (Wildman–Crippen MR) is 99.6 cm³/mol. The summed E-state index contributed by atoms with van der Waals surface area (Å²) in [5, 5.41) is -2.69. The molecule has 0 amide bonds. The van der Waals surface area contributed by atoms with E-state index in [2.05, 4.69) is 9.47 Å². The summed E-state index contributed by atoms with van der Waals surface area (Å²) in [6.45, 7) is 2.03. The average Bonchev–Trinajstić information content (AvgIpc) is 2.60. The van der Waals surface area contributed by atoms with Crippen LogP contribution in [0.25, 0.3) is 12.2 Å². The zero-order valence-corrected chi connectivity index (χ0v) is 15.4. The van der Waals surface area contributed by atoms with E-state index in [9.17, 15) is 14.4 Å². The van der Waals surface area contributed by atoms with E-state index in [4.69, 9.17) is 16.3 Å². The van der Waals surface area contributed by atoms with Gasteiger partial charge >= 0.3 is 23.2 Å². The van der Waals surface area contributed by atoms with Crippen molar-refractivity contribution in [2.24, 2.45) is 0 Å². The fraction of sp³-hybridized carbons (Fsp3) is 0.150. The SMILES string of the molecule is CC(=O)OC(Cl)(OC(C)=O)C(=O)Oc1cccc(/C=C/c2ccccc2)c1. The molecule has 0 aliphatic carbocycles. The van der Waals surface area contributed by atoms with E-state index < -0.39 is 23.2 Å². The average molecular weight is 389 g/mol. The van der Waals surface area contributed by atoms with Gasteiger partial charge in [-0.2, -0.15) is 0 Å². The molecule has 6 nitrogen and oxygen atoms in total. The van der Waals surface area contributed by atoms with Gasteiger partial charge in [0.15, 0.2) is 0 Å². The van der Waals surface area contributed by atoms with Gasteiger partial charge in [-0.15, -0.1) is 0 Å². The molecule has 0 aromatic heterocycles. The Balaban J connectivity index is 2.16. The Morgan fingerprint density at radius 3 is 2.00 bits per heavy atom. The number of halogens is 1. The van der Waals surface area contributed by atoms with Crippen molar-refractivity contribution in [1.82, 2.24) is 0 Å². The summed E-state index contributed by atoms with van der Waals surface area (Å²) < 4.78 is 14.3. The van der Waals surface area contributed by atoms with Crippen molar-refractivity contribution in [3.8, 4) is 5.75 Å². The number of carbonyl (C=O) groups excluding carboxylic acids is 3. The summed E-state index contributed by atoms with van der Waals surface area (Å²) >= 11 is 5.84. The highest BCUT2D eigenvalue weighted by Gasteiger charge is 2.46. The van der Waals surface area contributed by atoms with E-state index in [1.54, 1.807) is 12.1 Å². The lowest BCUT2D eigenvalue weighted by atomic mass is 10.1. The third-order valence-electron chi connectivity index (χ3n) is 3.13. The van der Waals surface area contributed by atoms with Gasteiger partial charge in [0.25, 0.3) is 0 Å². The Morgan fingerprint density at radius 1 is 0.852 bits per heavy atom. The Morgan fingerprint density at radius 2 is 1.41 bits per heavy atom. The molecular weight excluding hydrogens is 372 g/mol. The summed E-state index contributed by atoms with van der Waals surface area (Å²) in [6, 6.07) is 16.2. The minimum absolute atomic E-state index is 0.138. The molecule has 0 N–H and O–H groups in total. The summed E-state index contributed by atoms with van der Waals surface area (Å²) in [7, 11) is 0. The van der Waals surface area contributed by atoms with Crippen LogP contribution in [0.5, 0.6) is 5.75 Å². The number of hydrogen-bond acceptors (Lipinski definition) is 6. The summed E-state index contributed by atoms with van der Waals surface area (Å²) in [6.07, 6.45) is 3.73. The zero-order valence-electron chi connectivity index (χ0n) is 14.7. The van der Waals surface area contributed by atoms with Crippen LogP contribution < -0.4 is 4.74 Å². The van der Waals surface area contributed by atoms with Gasteiger partial charge in [-0.1, -0.05) is 54.6 Å². The van der Waals surface area contributed by atoms with E-state index in [1.165, 1.54) is 6.07 Å². The molecule has 2 aromatic carbocycles. The number of carbonyl (C=O) groups is 3. The summed E-state index contributed by atoms with van der Waals surface area (Å²) in [5.41, 5.74) is 1.76. The molecule has 0 aliphatic rings. The molecule has 0 unspecified atom stereocenters. The Labute approximate surface area is 161 Å². The first-order valence-corrected chi connectivity index (χ1v) is 8.30. The van der Waals surface area contributed by atoms with Crippen LogP contribution in [0.3, 0.4) is 0 Å². The smallest absolute Gasteiger partial charge is 0.420 e. The van der Waals surface area contributed by atoms with Crippen LogP contribution in [0, 0.1) is 0 Å². The molecule has 0 aliphatic heterocycles. The maximum absolute atomic E-state index is 12.3. The van der Waals surface area contributed by atoms with Gasteiger partial charge < -0.3 is 14.2 Å². The minimum Gasteiger partial charge on any atom is -0.420 e. The van der Waals surface area contributed by atoms with E-state index >= 15 is 0 Å². The molecule has 2 aromatic rings. The fourth-order valence-electron chi connectivity index (χ4n) is 2.08.